The lowest BCUT2D eigenvalue weighted by molar-refractivity contribution is 0.191. The molecule has 3 nitrogen and oxygen atoms in total. The first-order valence-electron chi connectivity index (χ1n) is 8.27. The van der Waals surface area contributed by atoms with Crippen LogP contribution in [0.1, 0.15) is 31.9 Å². The molecular weight excluding hydrogens is 258 g/mol. The van der Waals surface area contributed by atoms with Crippen molar-refractivity contribution in [2.45, 2.75) is 46.7 Å². The van der Waals surface area contributed by atoms with E-state index in [-0.39, 0.29) is 0 Å². The van der Waals surface area contributed by atoms with Gasteiger partial charge in [-0.3, -0.25) is 4.90 Å². The van der Waals surface area contributed by atoms with Crippen molar-refractivity contribution < 1.29 is 0 Å². The second kappa shape index (κ2) is 7.28. The molecule has 1 aromatic rings. The first-order chi connectivity index (χ1) is 9.99. The van der Waals surface area contributed by atoms with Crippen LogP contribution in [-0.2, 0) is 0 Å². The Kier molecular flexibility index (Phi) is 5.65. The molecule has 1 heterocycles. The summed E-state index contributed by atoms with van der Waals surface area (Å²) >= 11 is 0. The first-order valence-corrected chi connectivity index (χ1v) is 8.27. The van der Waals surface area contributed by atoms with Crippen LogP contribution in [-0.4, -0.2) is 49.7 Å². The molecule has 0 spiro atoms. The lowest BCUT2D eigenvalue weighted by Crippen LogP contribution is -2.52. The Labute approximate surface area is 130 Å². The Bertz CT molecular complexity index is 448. The van der Waals surface area contributed by atoms with E-state index < -0.39 is 0 Å². The van der Waals surface area contributed by atoms with E-state index in [0.717, 1.165) is 32.7 Å². The lowest BCUT2D eigenvalue weighted by Gasteiger charge is -2.40. The number of hydrogen-bond acceptors (Lipinski definition) is 3. The van der Waals surface area contributed by atoms with Gasteiger partial charge in [-0.05, 0) is 38.0 Å². The highest BCUT2D eigenvalue weighted by Crippen LogP contribution is 2.24. The predicted molar refractivity (Wildman–Crippen MR) is 92.3 cm³/mol. The van der Waals surface area contributed by atoms with Gasteiger partial charge in [-0.15, -0.1) is 0 Å². The van der Waals surface area contributed by atoms with Crippen LogP contribution in [0.25, 0.3) is 0 Å². The highest BCUT2D eigenvalue weighted by atomic mass is 15.3. The molecule has 21 heavy (non-hydrogen) atoms. The molecule has 0 bridgehead atoms. The van der Waals surface area contributed by atoms with Gasteiger partial charge in [-0.25, -0.2) is 0 Å². The maximum absolute atomic E-state index is 3.55. The van der Waals surface area contributed by atoms with Crippen molar-refractivity contribution in [3.63, 3.8) is 0 Å². The summed E-state index contributed by atoms with van der Waals surface area (Å²) in [4.78, 5) is 5.15. The standard InChI is InChI=1S/C18H31N3/c1-14(2)19-13-16(4)20-9-11-21(12-10-20)18-8-6-7-15(3)17(18)5/h6-8,14,16,19H,9-13H2,1-5H3. The van der Waals surface area contributed by atoms with Crippen LogP contribution in [0.2, 0.25) is 0 Å². The van der Waals surface area contributed by atoms with Gasteiger partial charge in [0.25, 0.3) is 0 Å². The van der Waals surface area contributed by atoms with Crippen LogP contribution in [0.5, 0.6) is 0 Å². The zero-order chi connectivity index (χ0) is 15.4. The molecule has 1 fully saturated rings. The minimum absolute atomic E-state index is 0.573. The number of hydrogen-bond donors (Lipinski definition) is 1. The third-order valence-corrected chi connectivity index (χ3v) is 4.68. The van der Waals surface area contributed by atoms with E-state index in [2.05, 4.69) is 67.9 Å². The summed E-state index contributed by atoms with van der Waals surface area (Å²) in [6.45, 7) is 16.9. The fraction of sp³-hybridized carbons (Fsp3) is 0.667. The SMILES string of the molecule is Cc1cccc(N2CCN(C(C)CNC(C)C)CC2)c1C. The highest BCUT2D eigenvalue weighted by molar-refractivity contribution is 5.56. The van der Waals surface area contributed by atoms with Crippen LogP contribution in [0.3, 0.4) is 0 Å². The molecule has 1 aromatic carbocycles. The summed E-state index contributed by atoms with van der Waals surface area (Å²) in [5.74, 6) is 0. The Balaban J connectivity index is 1.89. The zero-order valence-electron chi connectivity index (χ0n) is 14.3. The van der Waals surface area contributed by atoms with Crippen molar-refractivity contribution in [2.75, 3.05) is 37.6 Å². The van der Waals surface area contributed by atoms with E-state index in [1.807, 2.05) is 0 Å². The fourth-order valence-corrected chi connectivity index (χ4v) is 3.02. The van der Waals surface area contributed by atoms with Gasteiger partial charge < -0.3 is 10.2 Å². The summed E-state index contributed by atoms with van der Waals surface area (Å²) in [6, 6.07) is 7.84. The van der Waals surface area contributed by atoms with Crippen LogP contribution in [0.15, 0.2) is 18.2 Å². The lowest BCUT2D eigenvalue weighted by atomic mass is 10.1. The van der Waals surface area contributed by atoms with Crippen molar-refractivity contribution in [1.29, 1.82) is 0 Å². The first kappa shape index (κ1) is 16.3. The largest absolute Gasteiger partial charge is 0.369 e. The van der Waals surface area contributed by atoms with Gasteiger partial charge in [0, 0.05) is 50.5 Å². The Morgan fingerprint density at radius 2 is 1.71 bits per heavy atom. The second-order valence-electron chi connectivity index (χ2n) is 6.65. The van der Waals surface area contributed by atoms with Crippen LogP contribution >= 0.6 is 0 Å². The maximum atomic E-state index is 3.55. The molecule has 118 valence electrons. The van der Waals surface area contributed by atoms with Gasteiger partial charge >= 0.3 is 0 Å². The molecule has 0 saturated carbocycles. The molecule has 0 amide bonds. The molecule has 1 unspecified atom stereocenters. The Morgan fingerprint density at radius 3 is 2.33 bits per heavy atom. The normalized spacial score (nSPS) is 18.3. The van der Waals surface area contributed by atoms with Crippen LogP contribution in [0.4, 0.5) is 5.69 Å². The molecule has 1 aliphatic heterocycles. The summed E-state index contributed by atoms with van der Waals surface area (Å²) in [6.07, 6.45) is 0. The van der Waals surface area contributed by atoms with Gasteiger partial charge in [-0.1, -0.05) is 26.0 Å². The Morgan fingerprint density at radius 1 is 1.05 bits per heavy atom. The number of benzene rings is 1. The van der Waals surface area contributed by atoms with E-state index >= 15 is 0 Å². The van der Waals surface area contributed by atoms with Gasteiger partial charge in [0.2, 0.25) is 0 Å². The molecule has 0 aromatic heterocycles. The van der Waals surface area contributed by atoms with Crippen LogP contribution < -0.4 is 10.2 Å². The van der Waals surface area contributed by atoms with Crippen molar-refractivity contribution in [2.24, 2.45) is 0 Å². The van der Waals surface area contributed by atoms with E-state index in [0.29, 0.717) is 12.1 Å². The minimum Gasteiger partial charge on any atom is -0.369 e. The summed E-state index contributed by atoms with van der Waals surface area (Å²) in [7, 11) is 0. The number of rotatable bonds is 5. The molecule has 1 aliphatic rings. The maximum Gasteiger partial charge on any atom is 0.0399 e. The van der Waals surface area contributed by atoms with E-state index in [9.17, 15) is 0 Å². The summed E-state index contributed by atoms with van der Waals surface area (Å²) < 4.78 is 0. The summed E-state index contributed by atoms with van der Waals surface area (Å²) in [5, 5.41) is 3.55. The second-order valence-corrected chi connectivity index (χ2v) is 6.65. The molecule has 2 rings (SSSR count). The van der Waals surface area contributed by atoms with E-state index in [4.69, 9.17) is 0 Å². The van der Waals surface area contributed by atoms with E-state index in [1.54, 1.807) is 0 Å². The molecule has 1 saturated heterocycles. The van der Waals surface area contributed by atoms with Crippen molar-refractivity contribution in [1.82, 2.24) is 10.2 Å². The monoisotopic (exact) mass is 289 g/mol. The van der Waals surface area contributed by atoms with Crippen LogP contribution in [0, 0.1) is 13.8 Å². The van der Waals surface area contributed by atoms with Crippen molar-refractivity contribution in [3.8, 4) is 0 Å². The number of nitrogens with zero attached hydrogens (tertiary/aromatic N) is 2. The summed E-state index contributed by atoms with van der Waals surface area (Å²) in [5.41, 5.74) is 4.24. The Hall–Kier alpha value is -1.06. The molecule has 0 aliphatic carbocycles. The predicted octanol–water partition coefficient (Wildman–Crippen LogP) is 2.81. The van der Waals surface area contributed by atoms with Gasteiger partial charge in [0.1, 0.15) is 0 Å². The minimum atomic E-state index is 0.573. The quantitative estimate of drug-likeness (QED) is 0.899. The van der Waals surface area contributed by atoms with Gasteiger partial charge in [0.15, 0.2) is 0 Å². The number of nitrogens with one attached hydrogen (secondary N) is 1. The number of piperazine rings is 1. The molecular formula is C18H31N3. The third kappa shape index (κ3) is 4.21. The molecule has 1 N–H and O–H groups in total. The number of anilines is 1. The average molecular weight is 289 g/mol. The molecule has 0 radical (unpaired) electrons. The molecule has 1 atom stereocenters. The topological polar surface area (TPSA) is 18.5 Å². The van der Waals surface area contributed by atoms with E-state index in [1.165, 1.54) is 16.8 Å². The van der Waals surface area contributed by atoms with Gasteiger partial charge in [0.05, 0.1) is 0 Å². The number of aryl methyl sites for hydroxylation is 1. The van der Waals surface area contributed by atoms with Gasteiger partial charge in [-0.2, -0.15) is 0 Å². The fourth-order valence-electron chi connectivity index (χ4n) is 3.02. The average Bonchev–Trinajstić information content (AvgIpc) is 2.48. The third-order valence-electron chi connectivity index (χ3n) is 4.68. The zero-order valence-corrected chi connectivity index (χ0v) is 14.3. The molecule has 3 heteroatoms. The van der Waals surface area contributed by atoms with Crippen molar-refractivity contribution >= 4 is 5.69 Å². The smallest absolute Gasteiger partial charge is 0.0399 e. The van der Waals surface area contributed by atoms with Crippen molar-refractivity contribution in [3.05, 3.63) is 29.3 Å². The highest BCUT2D eigenvalue weighted by Gasteiger charge is 2.22.